The van der Waals surface area contributed by atoms with Gasteiger partial charge in [-0.2, -0.15) is 0 Å². The van der Waals surface area contributed by atoms with Crippen molar-refractivity contribution in [3.63, 3.8) is 0 Å². The van der Waals surface area contributed by atoms with Crippen LogP contribution in [0.4, 0.5) is 0 Å². The molecule has 10 rings (SSSR count). The van der Waals surface area contributed by atoms with E-state index in [0.29, 0.717) is 34.9 Å². The molecule has 258 valence electrons. The van der Waals surface area contributed by atoms with Crippen LogP contribution in [0.2, 0.25) is 0 Å². The van der Waals surface area contributed by atoms with Gasteiger partial charge in [0.15, 0.2) is 34.9 Å². The Kier molecular flexibility index (Phi) is 8.24. The van der Waals surface area contributed by atoms with Gasteiger partial charge in [-0.15, -0.1) is 11.3 Å². The summed E-state index contributed by atoms with van der Waals surface area (Å²) in [5.41, 5.74) is 7.48. The normalized spacial score (nSPS) is 11.3. The van der Waals surface area contributed by atoms with E-state index in [-0.39, 0.29) is 0 Å². The minimum absolute atomic E-state index is 0.529. The molecule has 7 heteroatoms. The van der Waals surface area contributed by atoms with Crippen molar-refractivity contribution in [1.29, 1.82) is 0 Å². The fourth-order valence-corrected chi connectivity index (χ4v) is 8.01. The molecule has 0 radical (unpaired) electrons. The van der Waals surface area contributed by atoms with Crippen LogP contribution in [0.5, 0.6) is 0 Å². The van der Waals surface area contributed by atoms with Crippen LogP contribution in [0, 0.1) is 0 Å². The van der Waals surface area contributed by atoms with E-state index in [9.17, 15) is 0 Å². The lowest BCUT2D eigenvalue weighted by Crippen LogP contribution is -2.03. The van der Waals surface area contributed by atoms with Crippen molar-refractivity contribution in [3.8, 4) is 79.5 Å². The number of fused-ring (bicyclic) bond motifs is 3. The monoisotopic (exact) mass is 722 g/mol. The van der Waals surface area contributed by atoms with Crippen LogP contribution in [0.1, 0.15) is 0 Å². The zero-order chi connectivity index (χ0) is 36.6. The molecule has 3 aromatic heterocycles. The largest absolute Gasteiger partial charge is 0.208 e. The van der Waals surface area contributed by atoms with Gasteiger partial charge in [-0.3, -0.25) is 0 Å². The number of nitrogens with zero attached hydrogens (tertiary/aromatic N) is 6. The second kappa shape index (κ2) is 14.0. The van der Waals surface area contributed by atoms with Crippen LogP contribution in [0.15, 0.2) is 182 Å². The van der Waals surface area contributed by atoms with Crippen molar-refractivity contribution in [3.05, 3.63) is 182 Å². The Hall–Kier alpha value is -7.22. The van der Waals surface area contributed by atoms with E-state index in [2.05, 4.69) is 66.7 Å². The molecule has 6 nitrogen and oxygen atoms in total. The summed E-state index contributed by atoms with van der Waals surface area (Å²) in [4.78, 5) is 30.2. The molecule has 3 heterocycles. The first-order valence-electron chi connectivity index (χ1n) is 18.0. The lowest BCUT2D eigenvalue weighted by atomic mass is 10.0. The van der Waals surface area contributed by atoms with Crippen molar-refractivity contribution in [1.82, 2.24) is 29.9 Å². The summed E-state index contributed by atoms with van der Waals surface area (Å²) < 4.78 is 2.58. The fourth-order valence-electron chi connectivity index (χ4n) is 6.86. The minimum Gasteiger partial charge on any atom is -0.208 e. The van der Waals surface area contributed by atoms with E-state index in [0.717, 1.165) is 38.9 Å². The van der Waals surface area contributed by atoms with Gasteiger partial charge in [-0.25, -0.2) is 29.9 Å². The van der Waals surface area contributed by atoms with E-state index in [4.69, 9.17) is 29.9 Å². The van der Waals surface area contributed by atoms with Crippen molar-refractivity contribution in [2.45, 2.75) is 0 Å². The van der Waals surface area contributed by atoms with Crippen LogP contribution in [-0.4, -0.2) is 29.9 Å². The second-order valence-corrected chi connectivity index (χ2v) is 14.2. The zero-order valence-electron chi connectivity index (χ0n) is 29.4. The van der Waals surface area contributed by atoms with E-state index in [1.165, 1.54) is 25.7 Å². The maximum atomic E-state index is 5.12. The van der Waals surface area contributed by atoms with Gasteiger partial charge in [0.1, 0.15) is 0 Å². The number of hydrogen-bond acceptors (Lipinski definition) is 7. The number of benzene rings is 7. The average Bonchev–Trinajstić information content (AvgIpc) is 3.65. The Bertz CT molecular complexity index is 2910. The smallest absolute Gasteiger partial charge is 0.164 e. The van der Waals surface area contributed by atoms with Crippen LogP contribution in [-0.2, 0) is 0 Å². The average molecular weight is 723 g/mol. The first-order valence-corrected chi connectivity index (χ1v) is 18.9. The Balaban J connectivity index is 1.09. The molecule has 0 atom stereocenters. The van der Waals surface area contributed by atoms with Crippen molar-refractivity contribution >= 4 is 31.5 Å². The van der Waals surface area contributed by atoms with Gasteiger partial charge < -0.3 is 0 Å². The van der Waals surface area contributed by atoms with Gasteiger partial charge in [0, 0.05) is 53.6 Å². The third-order valence-corrected chi connectivity index (χ3v) is 10.8. The summed E-state index contributed by atoms with van der Waals surface area (Å²) in [6, 6.07) is 61.8. The summed E-state index contributed by atoms with van der Waals surface area (Å²) in [6.45, 7) is 0. The van der Waals surface area contributed by atoms with Crippen molar-refractivity contribution in [2.75, 3.05) is 0 Å². The lowest BCUT2D eigenvalue weighted by molar-refractivity contribution is 1.06. The molecule has 0 saturated heterocycles. The Labute approximate surface area is 321 Å². The summed E-state index contributed by atoms with van der Waals surface area (Å²) in [7, 11) is 0. The van der Waals surface area contributed by atoms with Gasteiger partial charge in [-0.05, 0) is 23.3 Å². The van der Waals surface area contributed by atoms with E-state index in [1.54, 1.807) is 0 Å². The maximum absolute atomic E-state index is 5.12. The quantitative estimate of drug-likeness (QED) is 0.163. The van der Waals surface area contributed by atoms with E-state index in [1.807, 2.05) is 127 Å². The second-order valence-electron chi connectivity index (χ2n) is 13.1. The first-order chi connectivity index (χ1) is 27.2. The van der Waals surface area contributed by atoms with Gasteiger partial charge in [0.25, 0.3) is 0 Å². The summed E-state index contributed by atoms with van der Waals surface area (Å²) in [6.07, 6.45) is 0. The molecule has 0 unspecified atom stereocenters. The molecule has 10 aromatic rings. The SMILES string of the molecule is c1ccc(-c2nc(-c3ccccc3)nc(-c3ccccc3-c3nc(-c4ccccc4)nc(-c4ccc(-c5ccc6c(c5)sc5ccccc56)cc4)n3)n2)cc1. The van der Waals surface area contributed by atoms with Crippen LogP contribution < -0.4 is 0 Å². The molecule has 0 aliphatic heterocycles. The van der Waals surface area contributed by atoms with Crippen molar-refractivity contribution in [2.24, 2.45) is 0 Å². The third kappa shape index (κ3) is 6.33. The molecule has 0 spiro atoms. The van der Waals surface area contributed by atoms with Crippen molar-refractivity contribution < 1.29 is 0 Å². The van der Waals surface area contributed by atoms with Crippen LogP contribution in [0.3, 0.4) is 0 Å². The van der Waals surface area contributed by atoms with Gasteiger partial charge in [-0.1, -0.05) is 170 Å². The molecular formula is C48H30N6S. The molecule has 0 bridgehead atoms. The highest BCUT2D eigenvalue weighted by Crippen LogP contribution is 2.37. The fraction of sp³-hybridized carbons (Fsp3) is 0. The number of hydrogen-bond donors (Lipinski definition) is 0. The number of thiophene rings is 1. The standard InChI is InChI=1S/C48H30N6S/c1-4-14-32(15-5-1)43-49-44(33-16-6-2-7-17-33)52-47(51-43)39-21-10-11-22-40(39)48-53-45(34-18-8-3-9-19-34)50-46(54-48)35-26-24-31(25-27-35)36-28-29-38-37-20-12-13-23-41(37)55-42(38)30-36/h1-30H. The third-order valence-electron chi connectivity index (χ3n) is 9.63. The molecular weight excluding hydrogens is 693 g/mol. The molecule has 0 saturated carbocycles. The molecule has 0 amide bonds. The summed E-state index contributed by atoms with van der Waals surface area (Å²) in [5, 5.41) is 2.59. The Morgan fingerprint density at radius 1 is 0.255 bits per heavy atom. The van der Waals surface area contributed by atoms with Crippen LogP contribution in [0.25, 0.3) is 99.6 Å². The number of aromatic nitrogens is 6. The maximum Gasteiger partial charge on any atom is 0.164 e. The Morgan fingerprint density at radius 2 is 0.618 bits per heavy atom. The molecule has 7 aromatic carbocycles. The number of rotatable bonds is 7. The molecule has 0 aliphatic rings. The van der Waals surface area contributed by atoms with E-state index < -0.39 is 0 Å². The Morgan fingerprint density at radius 3 is 1.13 bits per heavy atom. The predicted molar refractivity (Wildman–Crippen MR) is 224 cm³/mol. The highest BCUT2D eigenvalue weighted by atomic mass is 32.1. The predicted octanol–water partition coefficient (Wildman–Crippen LogP) is 12.1. The molecule has 0 aliphatic carbocycles. The van der Waals surface area contributed by atoms with E-state index >= 15 is 0 Å². The van der Waals surface area contributed by atoms with Gasteiger partial charge in [0.2, 0.25) is 0 Å². The minimum atomic E-state index is 0.529. The highest BCUT2D eigenvalue weighted by Gasteiger charge is 2.19. The lowest BCUT2D eigenvalue weighted by Gasteiger charge is -2.13. The molecule has 0 fully saturated rings. The summed E-state index contributed by atoms with van der Waals surface area (Å²) >= 11 is 1.83. The first kappa shape index (κ1) is 32.4. The molecule has 55 heavy (non-hydrogen) atoms. The van der Waals surface area contributed by atoms with Gasteiger partial charge in [0.05, 0.1) is 0 Å². The van der Waals surface area contributed by atoms with Crippen LogP contribution >= 0.6 is 11.3 Å². The zero-order valence-corrected chi connectivity index (χ0v) is 30.2. The summed E-state index contributed by atoms with van der Waals surface area (Å²) in [5.74, 6) is 3.41. The topological polar surface area (TPSA) is 77.3 Å². The highest BCUT2D eigenvalue weighted by molar-refractivity contribution is 7.25. The van der Waals surface area contributed by atoms with Gasteiger partial charge >= 0.3 is 0 Å². The molecule has 0 N–H and O–H groups in total.